The largest absolute Gasteiger partial charge is 0.492 e. The van der Waals surface area contributed by atoms with Gasteiger partial charge >= 0.3 is 5.97 Å². The van der Waals surface area contributed by atoms with E-state index in [0.29, 0.717) is 24.3 Å². The Morgan fingerprint density at radius 2 is 1.97 bits per heavy atom. The van der Waals surface area contributed by atoms with Crippen molar-refractivity contribution in [2.24, 2.45) is 5.41 Å². The van der Waals surface area contributed by atoms with Gasteiger partial charge in [0.25, 0.3) is 0 Å². The van der Waals surface area contributed by atoms with Crippen LogP contribution in [0.3, 0.4) is 0 Å². The van der Waals surface area contributed by atoms with Crippen molar-refractivity contribution in [2.45, 2.75) is 39.7 Å². The highest BCUT2D eigenvalue weighted by atomic mass is 19.1. The lowest BCUT2D eigenvalue weighted by atomic mass is 9.96. The minimum absolute atomic E-state index is 0.117. The Morgan fingerprint density at radius 3 is 2.65 bits per heavy atom. The fourth-order valence-corrected chi connectivity index (χ4v) is 3.59. The third kappa shape index (κ3) is 4.90. The van der Waals surface area contributed by atoms with E-state index in [0.717, 1.165) is 36.4 Å². The summed E-state index contributed by atoms with van der Waals surface area (Å²) >= 11 is 0. The second-order valence-corrected chi connectivity index (χ2v) is 8.93. The molecule has 0 amide bonds. The van der Waals surface area contributed by atoms with E-state index in [1.165, 1.54) is 12.1 Å². The van der Waals surface area contributed by atoms with Crippen LogP contribution >= 0.6 is 0 Å². The van der Waals surface area contributed by atoms with Crippen molar-refractivity contribution in [1.29, 1.82) is 0 Å². The van der Waals surface area contributed by atoms with Crippen LogP contribution in [0, 0.1) is 11.2 Å². The van der Waals surface area contributed by atoms with Crippen molar-refractivity contribution < 1.29 is 23.4 Å². The fourth-order valence-electron chi connectivity index (χ4n) is 3.59. The summed E-state index contributed by atoms with van der Waals surface area (Å²) in [4.78, 5) is 12.2. The summed E-state index contributed by atoms with van der Waals surface area (Å²) in [5.41, 5.74) is 1.74. The van der Waals surface area contributed by atoms with Crippen molar-refractivity contribution >= 4 is 11.5 Å². The molecule has 2 aliphatic rings. The molecule has 0 spiro atoms. The Bertz CT molecular complexity index is 986. The van der Waals surface area contributed by atoms with E-state index in [-0.39, 0.29) is 11.9 Å². The number of benzene rings is 2. The van der Waals surface area contributed by atoms with Gasteiger partial charge in [0.15, 0.2) is 11.6 Å². The van der Waals surface area contributed by atoms with Gasteiger partial charge in [0, 0.05) is 24.6 Å². The molecule has 1 N–H and O–H groups in total. The van der Waals surface area contributed by atoms with Crippen LogP contribution in [-0.4, -0.2) is 31.8 Å². The van der Waals surface area contributed by atoms with Crippen LogP contribution < -0.4 is 19.5 Å². The van der Waals surface area contributed by atoms with E-state index in [1.807, 2.05) is 30.3 Å². The number of fused-ring (bicyclic) bond motifs is 1. The third-order valence-electron chi connectivity index (χ3n) is 5.35. The Balaban J connectivity index is 1.60. The zero-order chi connectivity index (χ0) is 22.0. The molecule has 2 aliphatic heterocycles. The third-order valence-corrected chi connectivity index (χ3v) is 5.35. The Morgan fingerprint density at radius 1 is 1.19 bits per heavy atom. The maximum absolute atomic E-state index is 14.9. The number of carbonyl (C=O) groups is 1. The molecule has 1 saturated heterocycles. The Hall–Kier alpha value is -2.86. The zero-order valence-electron chi connectivity index (χ0n) is 18.2. The van der Waals surface area contributed by atoms with E-state index in [9.17, 15) is 9.18 Å². The molecule has 0 radical (unpaired) electrons. The first kappa shape index (κ1) is 21.4. The van der Waals surface area contributed by atoms with Gasteiger partial charge in [-0.1, -0.05) is 18.2 Å². The number of nitrogens with one attached hydrogen (secondary N) is 1. The molecule has 0 unspecified atom stereocenters. The summed E-state index contributed by atoms with van der Waals surface area (Å²) in [5, 5.41) is 3.29. The minimum Gasteiger partial charge on any atom is -0.492 e. The average molecular weight is 426 g/mol. The van der Waals surface area contributed by atoms with Crippen molar-refractivity contribution in [3.8, 4) is 17.2 Å². The first-order chi connectivity index (χ1) is 14.8. The molecule has 4 rings (SSSR count). The van der Waals surface area contributed by atoms with Crippen LogP contribution in [0.15, 0.2) is 42.5 Å². The van der Waals surface area contributed by atoms with Crippen molar-refractivity contribution in [3.63, 3.8) is 0 Å². The maximum Gasteiger partial charge on any atom is 0.316 e. The van der Waals surface area contributed by atoms with Crippen LogP contribution in [0.2, 0.25) is 0 Å². The van der Waals surface area contributed by atoms with Crippen molar-refractivity contribution in [2.75, 3.05) is 19.7 Å². The van der Waals surface area contributed by atoms with E-state index in [1.54, 1.807) is 20.8 Å². The topological polar surface area (TPSA) is 56.8 Å². The van der Waals surface area contributed by atoms with E-state index in [4.69, 9.17) is 14.2 Å². The molecule has 6 heteroatoms. The van der Waals surface area contributed by atoms with E-state index < -0.39 is 17.2 Å². The summed E-state index contributed by atoms with van der Waals surface area (Å²) in [5.74, 6) is 0.108. The first-order valence-corrected chi connectivity index (χ1v) is 10.7. The maximum atomic E-state index is 14.9. The summed E-state index contributed by atoms with van der Waals surface area (Å²) < 4.78 is 32.0. The highest BCUT2D eigenvalue weighted by Crippen LogP contribution is 2.38. The van der Waals surface area contributed by atoms with Crippen LogP contribution in [0.25, 0.3) is 5.57 Å². The normalized spacial score (nSPS) is 18.5. The lowest BCUT2D eigenvalue weighted by molar-refractivity contribution is -0.143. The van der Waals surface area contributed by atoms with Crippen molar-refractivity contribution in [3.05, 3.63) is 59.4 Å². The summed E-state index contributed by atoms with van der Waals surface area (Å²) in [7, 11) is 0. The number of rotatable bonds is 4. The van der Waals surface area contributed by atoms with Gasteiger partial charge < -0.3 is 19.5 Å². The number of halogens is 1. The first-order valence-electron chi connectivity index (χ1n) is 10.7. The molecule has 5 nitrogen and oxygen atoms in total. The van der Waals surface area contributed by atoms with Gasteiger partial charge in [0.05, 0.1) is 12.0 Å². The molecule has 1 fully saturated rings. The van der Waals surface area contributed by atoms with E-state index in [2.05, 4.69) is 5.32 Å². The molecular weight excluding hydrogens is 397 g/mol. The minimum atomic E-state index is -0.733. The van der Waals surface area contributed by atoms with Crippen LogP contribution in [-0.2, 0) is 4.79 Å². The Kier molecular flexibility index (Phi) is 6.01. The molecule has 31 heavy (non-hydrogen) atoms. The molecule has 0 aromatic heterocycles. The highest BCUT2D eigenvalue weighted by Gasteiger charge is 2.26. The van der Waals surface area contributed by atoms with Crippen LogP contribution in [0.5, 0.6) is 17.2 Å². The fraction of sp³-hybridized carbons (Fsp3) is 0.400. The molecule has 2 aromatic carbocycles. The molecule has 0 bridgehead atoms. The number of carbonyl (C=O) groups excluding carboxylic acids is 1. The molecule has 0 aliphatic carbocycles. The smallest absolute Gasteiger partial charge is 0.316 e. The number of ether oxygens (including phenoxy) is 3. The van der Waals surface area contributed by atoms with Gasteiger partial charge in [-0.15, -0.1) is 0 Å². The summed E-state index contributed by atoms with van der Waals surface area (Å²) in [6.07, 6.45) is 3.93. The summed E-state index contributed by atoms with van der Waals surface area (Å²) in [6, 6.07) is 10.7. The molecule has 2 aromatic rings. The summed E-state index contributed by atoms with van der Waals surface area (Å²) in [6.45, 7) is 7.48. The van der Waals surface area contributed by atoms with Gasteiger partial charge in [0.2, 0.25) is 0 Å². The molecule has 164 valence electrons. The lowest BCUT2D eigenvalue weighted by Gasteiger charge is -2.18. The number of esters is 1. The number of hydrogen-bond acceptors (Lipinski definition) is 5. The van der Waals surface area contributed by atoms with Crippen molar-refractivity contribution in [1.82, 2.24) is 5.32 Å². The molecule has 1 atom stereocenters. The standard InChI is InChI=1S/C25H28FNO4/c1-25(2,3)24(28)31-23-14-22-20(13-21(23)26)19(5-4-12-29-22)16-6-8-17(9-7-16)30-18-10-11-27-15-18/h5-9,13-14,18,27H,4,10-12,15H2,1-3H3/t18-/m0/s1. The predicted octanol–water partition coefficient (Wildman–Crippen LogP) is 4.73. The van der Waals surface area contributed by atoms with Gasteiger partial charge in [-0.05, 0) is 63.1 Å². The second kappa shape index (κ2) is 8.71. The average Bonchev–Trinajstić information content (AvgIpc) is 3.15. The number of hydrogen-bond donors (Lipinski definition) is 1. The zero-order valence-corrected chi connectivity index (χ0v) is 18.2. The Labute approximate surface area is 182 Å². The van der Waals surface area contributed by atoms with Gasteiger partial charge in [-0.2, -0.15) is 0 Å². The predicted molar refractivity (Wildman–Crippen MR) is 117 cm³/mol. The molecule has 2 heterocycles. The quantitative estimate of drug-likeness (QED) is 0.567. The lowest BCUT2D eigenvalue weighted by Crippen LogP contribution is -2.26. The highest BCUT2D eigenvalue weighted by molar-refractivity contribution is 5.84. The molecular formula is C25H28FNO4. The van der Waals surface area contributed by atoms with Crippen LogP contribution in [0.4, 0.5) is 4.39 Å². The van der Waals surface area contributed by atoms with Gasteiger partial charge in [-0.25, -0.2) is 4.39 Å². The SMILES string of the molecule is CC(C)(C)C(=O)Oc1cc2c(cc1F)C(c1ccc(O[C@H]3CCNC3)cc1)=CCCO2. The van der Waals surface area contributed by atoms with Gasteiger partial charge in [0.1, 0.15) is 17.6 Å². The molecule has 0 saturated carbocycles. The second-order valence-electron chi connectivity index (χ2n) is 8.93. The van der Waals surface area contributed by atoms with Crippen LogP contribution in [0.1, 0.15) is 44.7 Å². The monoisotopic (exact) mass is 425 g/mol. The van der Waals surface area contributed by atoms with E-state index >= 15 is 0 Å². The van der Waals surface area contributed by atoms with Gasteiger partial charge in [-0.3, -0.25) is 4.79 Å².